The van der Waals surface area contributed by atoms with Crippen molar-refractivity contribution in [2.45, 2.75) is 45.6 Å². The molecule has 0 spiro atoms. The molecule has 16 heavy (non-hydrogen) atoms. The van der Waals surface area contributed by atoms with Gasteiger partial charge in [0.25, 0.3) is 0 Å². The monoisotopic (exact) mass is 221 g/mol. The van der Waals surface area contributed by atoms with E-state index in [0.717, 1.165) is 12.5 Å². The van der Waals surface area contributed by atoms with Crippen molar-refractivity contribution in [3.63, 3.8) is 0 Å². The van der Waals surface area contributed by atoms with Crippen molar-refractivity contribution < 1.29 is 0 Å². The maximum atomic E-state index is 4.37. The van der Waals surface area contributed by atoms with Crippen LogP contribution in [-0.4, -0.2) is 16.3 Å². The minimum Gasteiger partial charge on any atom is -0.310 e. The predicted octanol–water partition coefficient (Wildman–Crippen LogP) is 2.57. The van der Waals surface area contributed by atoms with Crippen molar-refractivity contribution in [1.29, 1.82) is 0 Å². The highest BCUT2D eigenvalue weighted by Gasteiger charge is 2.27. The molecule has 0 amide bonds. The molecule has 0 saturated heterocycles. The zero-order valence-electron chi connectivity index (χ0n) is 10.7. The number of aromatic nitrogens is 2. The van der Waals surface area contributed by atoms with E-state index in [-0.39, 0.29) is 0 Å². The molecule has 90 valence electrons. The van der Waals surface area contributed by atoms with Gasteiger partial charge < -0.3 is 5.32 Å². The zero-order valence-corrected chi connectivity index (χ0v) is 10.7. The van der Waals surface area contributed by atoms with Gasteiger partial charge in [0.05, 0.1) is 6.20 Å². The van der Waals surface area contributed by atoms with E-state index in [4.69, 9.17) is 0 Å². The van der Waals surface area contributed by atoms with Gasteiger partial charge in [-0.25, -0.2) is 0 Å². The molecular weight excluding hydrogens is 198 g/mol. The van der Waals surface area contributed by atoms with Crippen LogP contribution in [0.15, 0.2) is 6.20 Å². The standard InChI is InChI=1S/C13H23N3/c1-4-14-13(11-7-5-6-8-11)12-9-15-16(3)10(12)2/h9,11,13-14H,4-8H2,1-3H3. The molecular formula is C13H23N3. The molecule has 1 aliphatic carbocycles. The minimum absolute atomic E-state index is 0.515. The van der Waals surface area contributed by atoms with Gasteiger partial charge in [0, 0.05) is 24.3 Å². The predicted molar refractivity (Wildman–Crippen MR) is 66.3 cm³/mol. The molecule has 1 fully saturated rings. The third-order valence-corrected chi connectivity index (χ3v) is 3.90. The van der Waals surface area contributed by atoms with Crippen molar-refractivity contribution in [1.82, 2.24) is 15.1 Å². The summed E-state index contributed by atoms with van der Waals surface area (Å²) in [5.41, 5.74) is 2.70. The average Bonchev–Trinajstić information content (AvgIpc) is 2.89. The van der Waals surface area contributed by atoms with Crippen molar-refractivity contribution in [3.8, 4) is 0 Å². The fraction of sp³-hybridized carbons (Fsp3) is 0.769. The van der Waals surface area contributed by atoms with Gasteiger partial charge in [-0.05, 0) is 32.2 Å². The lowest BCUT2D eigenvalue weighted by Crippen LogP contribution is -2.27. The molecule has 1 saturated carbocycles. The van der Waals surface area contributed by atoms with E-state index in [1.807, 2.05) is 17.9 Å². The van der Waals surface area contributed by atoms with Crippen molar-refractivity contribution in [2.24, 2.45) is 13.0 Å². The fourth-order valence-electron chi connectivity index (χ4n) is 2.86. The second kappa shape index (κ2) is 5.00. The summed E-state index contributed by atoms with van der Waals surface area (Å²) in [6, 6.07) is 0.515. The summed E-state index contributed by atoms with van der Waals surface area (Å²) < 4.78 is 1.98. The topological polar surface area (TPSA) is 29.9 Å². The summed E-state index contributed by atoms with van der Waals surface area (Å²) >= 11 is 0. The van der Waals surface area contributed by atoms with E-state index in [1.165, 1.54) is 36.9 Å². The first-order valence-electron chi connectivity index (χ1n) is 6.46. The molecule has 2 rings (SSSR count). The van der Waals surface area contributed by atoms with Gasteiger partial charge in [0.1, 0.15) is 0 Å². The number of rotatable bonds is 4. The summed E-state index contributed by atoms with van der Waals surface area (Å²) in [5, 5.41) is 8.01. The van der Waals surface area contributed by atoms with Crippen LogP contribution in [0.2, 0.25) is 0 Å². The minimum atomic E-state index is 0.515. The highest BCUT2D eigenvalue weighted by molar-refractivity contribution is 5.21. The molecule has 0 radical (unpaired) electrons. The molecule has 1 atom stereocenters. The molecule has 0 bridgehead atoms. The molecule has 0 aromatic carbocycles. The lowest BCUT2D eigenvalue weighted by Gasteiger charge is -2.24. The molecule has 1 aromatic heterocycles. The van der Waals surface area contributed by atoms with Crippen LogP contribution in [0.1, 0.15) is 49.9 Å². The maximum absolute atomic E-state index is 4.37. The first-order valence-corrected chi connectivity index (χ1v) is 6.46. The average molecular weight is 221 g/mol. The van der Waals surface area contributed by atoms with E-state index in [0.29, 0.717) is 6.04 Å². The lowest BCUT2D eigenvalue weighted by molar-refractivity contribution is 0.373. The number of aryl methyl sites for hydroxylation is 1. The molecule has 1 aromatic rings. The third kappa shape index (κ3) is 2.14. The second-order valence-electron chi connectivity index (χ2n) is 4.89. The molecule has 3 nitrogen and oxygen atoms in total. The van der Waals surface area contributed by atoms with E-state index >= 15 is 0 Å². The maximum Gasteiger partial charge on any atom is 0.0540 e. The van der Waals surface area contributed by atoms with Crippen molar-refractivity contribution in [3.05, 3.63) is 17.5 Å². The van der Waals surface area contributed by atoms with Crippen LogP contribution in [0.25, 0.3) is 0 Å². The smallest absolute Gasteiger partial charge is 0.0540 e. The second-order valence-corrected chi connectivity index (χ2v) is 4.89. The Hall–Kier alpha value is -0.830. The number of nitrogens with zero attached hydrogens (tertiary/aromatic N) is 2. The Labute approximate surface area is 98.2 Å². The Kier molecular flexibility index (Phi) is 3.64. The van der Waals surface area contributed by atoms with Crippen LogP contribution in [0.5, 0.6) is 0 Å². The quantitative estimate of drug-likeness (QED) is 0.847. The lowest BCUT2D eigenvalue weighted by atomic mass is 9.92. The number of hydrogen-bond donors (Lipinski definition) is 1. The highest BCUT2D eigenvalue weighted by Crippen LogP contribution is 2.36. The van der Waals surface area contributed by atoms with E-state index in [1.54, 1.807) is 0 Å². The van der Waals surface area contributed by atoms with Crippen LogP contribution in [0.4, 0.5) is 0 Å². The van der Waals surface area contributed by atoms with Crippen LogP contribution in [0.3, 0.4) is 0 Å². The Balaban J connectivity index is 2.20. The van der Waals surface area contributed by atoms with Gasteiger partial charge >= 0.3 is 0 Å². The molecule has 3 heteroatoms. The fourth-order valence-corrected chi connectivity index (χ4v) is 2.86. The Morgan fingerprint density at radius 3 is 2.69 bits per heavy atom. The summed E-state index contributed by atoms with van der Waals surface area (Å²) in [4.78, 5) is 0. The number of nitrogens with one attached hydrogen (secondary N) is 1. The van der Waals surface area contributed by atoms with Gasteiger partial charge in [0.15, 0.2) is 0 Å². The largest absolute Gasteiger partial charge is 0.310 e. The Bertz CT molecular complexity index is 337. The van der Waals surface area contributed by atoms with Gasteiger partial charge in [-0.2, -0.15) is 5.10 Å². The van der Waals surface area contributed by atoms with Gasteiger partial charge in [-0.15, -0.1) is 0 Å². The third-order valence-electron chi connectivity index (χ3n) is 3.90. The first kappa shape index (κ1) is 11.6. The molecule has 1 aliphatic rings. The van der Waals surface area contributed by atoms with E-state index in [9.17, 15) is 0 Å². The van der Waals surface area contributed by atoms with Crippen LogP contribution < -0.4 is 5.32 Å². The SMILES string of the molecule is CCNC(c1cnn(C)c1C)C1CCCC1. The summed E-state index contributed by atoms with van der Waals surface area (Å²) in [7, 11) is 2.02. The Morgan fingerprint density at radius 2 is 2.19 bits per heavy atom. The Morgan fingerprint density at radius 1 is 1.50 bits per heavy atom. The van der Waals surface area contributed by atoms with Crippen LogP contribution >= 0.6 is 0 Å². The van der Waals surface area contributed by atoms with Gasteiger partial charge in [-0.3, -0.25) is 4.68 Å². The van der Waals surface area contributed by atoms with Crippen molar-refractivity contribution in [2.75, 3.05) is 6.54 Å². The van der Waals surface area contributed by atoms with E-state index < -0.39 is 0 Å². The number of hydrogen-bond acceptors (Lipinski definition) is 2. The highest BCUT2D eigenvalue weighted by atomic mass is 15.3. The molecule has 1 unspecified atom stereocenters. The first-order chi connectivity index (χ1) is 7.74. The summed E-state index contributed by atoms with van der Waals surface area (Å²) in [6.07, 6.45) is 7.57. The molecule has 1 heterocycles. The molecule has 0 aliphatic heterocycles. The zero-order chi connectivity index (χ0) is 11.5. The normalized spacial score (nSPS) is 19.2. The van der Waals surface area contributed by atoms with Gasteiger partial charge in [0.2, 0.25) is 0 Å². The summed E-state index contributed by atoms with van der Waals surface area (Å²) in [5.74, 6) is 0.808. The van der Waals surface area contributed by atoms with E-state index in [2.05, 4.69) is 24.3 Å². The van der Waals surface area contributed by atoms with Crippen LogP contribution in [0, 0.1) is 12.8 Å². The summed E-state index contributed by atoms with van der Waals surface area (Å²) in [6.45, 7) is 5.39. The van der Waals surface area contributed by atoms with Gasteiger partial charge in [-0.1, -0.05) is 19.8 Å². The van der Waals surface area contributed by atoms with Crippen LogP contribution in [-0.2, 0) is 7.05 Å². The van der Waals surface area contributed by atoms with Crippen molar-refractivity contribution >= 4 is 0 Å². The molecule has 1 N–H and O–H groups in total.